The van der Waals surface area contributed by atoms with Gasteiger partial charge in [-0.05, 0) is 24.5 Å². The smallest absolute Gasteiger partial charge is 0.0917 e. The molecule has 18 heavy (non-hydrogen) atoms. The predicted molar refractivity (Wildman–Crippen MR) is 84.5 cm³/mol. The largest absolute Gasteiger partial charge is 0.379 e. The minimum atomic E-state index is 0.182. The lowest BCUT2D eigenvalue weighted by atomic mass is 10.0. The highest BCUT2D eigenvalue weighted by molar-refractivity contribution is 14.1. The number of halogens is 1. The van der Waals surface area contributed by atoms with Crippen molar-refractivity contribution < 1.29 is 9.47 Å². The fourth-order valence-corrected chi connectivity index (χ4v) is 2.49. The van der Waals surface area contributed by atoms with E-state index < -0.39 is 0 Å². The molecule has 1 aromatic carbocycles. The van der Waals surface area contributed by atoms with E-state index in [0.29, 0.717) is 13.2 Å². The number of unbranched alkanes of at least 4 members (excludes halogenated alkanes) is 1. The van der Waals surface area contributed by atoms with Gasteiger partial charge in [-0.25, -0.2) is 0 Å². The lowest BCUT2D eigenvalue weighted by molar-refractivity contribution is 0.0137. The van der Waals surface area contributed by atoms with Crippen molar-refractivity contribution in [1.29, 1.82) is 0 Å². The Morgan fingerprint density at radius 1 is 1.17 bits per heavy atom. The van der Waals surface area contributed by atoms with Gasteiger partial charge in [-0.2, -0.15) is 0 Å². The first-order chi connectivity index (χ1) is 8.79. The first-order valence-electron chi connectivity index (χ1n) is 6.60. The van der Waals surface area contributed by atoms with Gasteiger partial charge in [-0.15, -0.1) is 0 Å². The second-order valence-corrected chi connectivity index (χ2v) is 5.22. The number of benzene rings is 1. The van der Waals surface area contributed by atoms with Crippen LogP contribution in [0.25, 0.3) is 0 Å². The fraction of sp³-hybridized carbons (Fsp3) is 0.600. The van der Waals surface area contributed by atoms with E-state index in [1.807, 2.05) is 0 Å². The predicted octanol–water partition coefficient (Wildman–Crippen LogP) is 4.30. The third kappa shape index (κ3) is 5.67. The third-order valence-electron chi connectivity index (χ3n) is 2.86. The van der Waals surface area contributed by atoms with E-state index in [1.165, 1.54) is 17.5 Å². The van der Waals surface area contributed by atoms with E-state index in [0.717, 1.165) is 17.5 Å². The molecule has 1 unspecified atom stereocenters. The van der Waals surface area contributed by atoms with Gasteiger partial charge in [0.05, 0.1) is 19.3 Å². The Kier molecular flexibility index (Phi) is 8.63. The molecule has 3 heteroatoms. The Bertz CT molecular complexity index is 328. The van der Waals surface area contributed by atoms with E-state index in [4.69, 9.17) is 9.47 Å². The van der Waals surface area contributed by atoms with Crippen LogP contribution >= 0.6 is 22.6 Å². The SMILES string of the molecule is CCCCOCCOC(CI)c1ccccc1C. The van der Waals surface area contributed by atoms with Gasteiger partial charge in [-0.1, -0.05) is 60.2 Å². The molecule has 1 aromatic rings. The van der Waals surface area contributed by atoms with Crippen LogP contribution in [0.2, 0.25) is 0 Å². The van der Waals surface area contributed by atoms with E-state index in [1.54, 1.807) is 0 Å². The number of aryl methyl sites for hydroxylation is 1. The van der Waals surface area contributed by atoms with Gasteiger partial charge in [0.1, 0.15) is 0 Å². The zero-order valence-corrected chi connectivity index (χ0v) is 13.5. The van der Waals surface area contributed by atoms with Gasteiger partial charge in [0.2, 0.25) is 0 Å². The van der Waals surface area contributed by atoms with Crippen LogP contribution in [0.15, 0.2) is 24.3 Å². The van der Waals surface area contributed by atoms with Crippen LogP contribution in [0, 0.1) is 6.92 Å². The summed E-state index contributed by atoms with van der Waals surface area (Å²) in [5.41, 5.74) is 2.59. The molecule has 102 valence electrons. The average Bonchev–Trinajstić information content (AvgIpc) is 2.39. The standard InChI is InChI=1S/C15H23IO2/c1-3-4-9-17-10-11-18-15(12-16)14-8-6-5-7-13(14)2/h5-8,15H,3-4,9-12H2,1-2H3. The van der Waals surface area contributed by atoms with Crippen LogP contribution in [0.5, 0.6) is 0 Å². The summed E-state index contributed by atoms with van der Waals surface area (Å²) in [6, 6.07) is 8.42. The molecular weight excluding hydrogens is 339 g/mol. The molecule has 0 aromatic heterocycles. The van der Waals surface area contributed by atoms with Crippen molar-refractivity contribution in [2.45, 2.75) is 32.8 Å². The van der Waals surface area contributed by atoms with E-state index in [9.17, 15) is 0 Å². The number of hydrogen-bond acceptors (Lipinski definition) is 2. The quantitative estimate of drug-likeness (QED) is 0.370. The Labute approximate surface area is 124 Å². The maximum atomic E-state index is 5.91. The minimum Gasteiger partial charge on any atom is -0.379 e. The molecule has 0 bridgehead atoms. The topological polar surface area (TPSA) is 18.5 Å². The zero-order chi connectivity index (χ0) is 13.2. The molecule has 0 saturated heterocycles. The third-order valence-corrected chi connectivity index (χ3v) is 3.66. The van der Waals surface area contributed by atoms with Crippen molar-refractivity contribution in [2.75, 3.05) is 24.2 Å². The van der Waals surface area contributed by atoms with Gasteiger partial charge in [0.15, 0.2) is 0 Å². The summed E-state index contributed by atoms with van der Waals surface area (Å²) in [6.07, 6.45) is 2.50. The Morgan fingerprint density at radius 3 is 2.61 bits per heavy atom. The molecule has 0 aliphatic carbocycles. The maximum absolute atomic E-state index is 5.91. The van der Waals surface area contributed by atoms with Crippen molar-refractivity contribution in [3.63, 3.8) is 0 Å². The fourth-order valence-electron chi connectivity index (χ4n) is 1.76. The zero-order valence-electron chi connectivity index (χ0n) is 11.3. The second kappa shape index (κ2) is 9.75. The summed E-state index contributed by atoms with van der Waals surface area (Å²) in [4.78, 5) is 0. The van der Waals surface area contributed by atoms with Crippen molar-refractivity contribution in [3.05, 3.63) is 35.4 Å². The number of alkyl halides is 1. The summed E-state index contributed by atoms with van der Waals surface area (Å²) in [6.45, 7) is 6.52. The minimum absolute atomic E-state index is 0.182. The first kappa shape index (κ1) is 15.9. The van der Waals surface area contributed by atoms with Crippen molar-refractivity contribution in [3.8, 4) is 0 Å². The second-order valence-electron chi connectivity index (χ2n) is 4.34. The summed E-state index contributed by atoms with van der Waals surface area (Å²) >= 11 is 2.38. The Balaban J connectivity index is 2.32. The molecule has 0 aliphatic heterocycles. The van der Waals surface area contributed by atoms with E-state index >= 15 is 0 Å². The molecule has 2 nitrogen and oxygen atoms in total. The van der Waals surface area contributed by atoms with Gasteiger partial charge in [0.25, 0.3) is 0 Å². The lowest BCUT2D eigenvalue weighted by Gasteiger charge is -2.18. The number of ether oxygens (including phenoxy) is 2. The van der Waals surface area contributed by atoms with Gasteiger partial charge in [-0.3, -0.25) is 0 Å². The number of rotatable bonds is 9. The van der Waals surface area contributed by atoms with Crippen LogP contribution in [-0.4, -0.2) is 24.2 Å². The molecule has 0 spiro atoms. The summed E-state index contributed by atoms with van der Waals surface area (Å²) in [5, 5.41) is 0. The highest BCUT2D eigenvalue weighted by Gasteiger charge is 2.12. The van der Waals surface area contributed by atoms with Crippen molar-refractivity contribution >= 4 is 22.6 Å². The van der Waals surface area contributed by atoms with Crippen LogP contribution < -0.4 is 0 Å². The molecule has 1 rings (SSSR count). The van der Waals surface area contributed by atoms with Gasteiger partial charge in [0, 0.05) is 11.0 Å². The first-order valence-corrected chi connectivity index (χ1v) is 8.13. The molecule has 0 radical (unpaired) electrons. The van der Waals surface area contributed by atoms with Crippen LogP contribution in [-0.2, 0) is 9.47 Å². The molecule has 0 saturated carbocycles. The highest BCUT2D eigenvalue weighted by Crippen LogP contribution is 2.22. The molecule has 0 aliphatic rings. The number of hydrogen-bond donors (Lipinski definition) is 0. The van der Waals surface area contributed by atoms with E-state index in [-0.39, 0.29) is 6.10 Å². The lowest BCUT2D eigenvalue weighted by Crippen LogP contribution is -2.12. The average molecular weight is 362 g/mol. The monoisotopic (exact) mass is 362 g/mol. The van der Waals surface area contributed by atoms with Crippen LogP contribution in [0.4, 0.5) is 0 Å². The molecular formula is C15H23IO2. The van der Waals surface area contributed by atoms with E-state index in [2.05, 4.69) is 60.7 Å². The van der Waals surface area contributed by atoms with Crippen molar-refractivity contribution in [2.24, 2.45) is 0 Å². The summed E-state index contributed by atoms with van der Waals surface area (Å²) in [5.74, 6) is 0. The normalized spacial score (nSPS) is 12.6. The van der Waals surface area contributed by atoms with Crippen molar-refractivity contribution in [1.82, 2.24) is 0 Å². The van der Waals surface area contributed by atoms with Crippen LogP contribution in [0.1, 0.15) is 37.0 Å². The van der Waals surface area contributed by atoms with Gasteiger partial charge < -0.3 is 9.47 Å². The summed E-state index contributed by atoms with van der Waals surface area (Å²) in [7, 11) is 0. The highest BCUT2D eigenvalue weighted by atomic mass is 127. The molecule has 0 fully saturated rings. The maximum Gasteiger partial charge on any atom is 0.0917 e. The van der Waals surface area contributed by atoms with Crippen LogP contribution in [0.3, 0.4) is 0 Å². The summed E-state index contributed by atoms with van der Waals surface area (Å²) < 4.78 is 12.4. The molecule has 1 atom stereocenters. The van der Waals surface area contributed by atoms with Gasteiger partial charge >= 0.3 is 0 Å². The Hall–Kier alpha value is -0.130. The molecule has 0 N–H and O–H groups in total. The Morgan fingerprint density at radius 2 is 1.94 bits per heavy atom. The molecule has 0 heterocycles. The molecule has 0 amide bonds.